The van der Waals surface area contributed by atoms with E-state index in [2.05, 4.69) is 15.4 Å². The minimum atomic E-state index is -1.14. The maximum absolute atomic E-state index is 11.7. The molecule has 18 heavy (non-hydrogen) atoms. The zero-order chi connectivity index (χ0) is 13.1. The molecule has 7 nitrogen and oxygen atoms in total. The van der Waals surface area contributed by atoms with Gasteiger partial charge in [-0.3, -0.25) is 9.48 Å². The van der Waals surface area contributed by atoms with E-state index in [1.165, 1.54) is 5.38 Å². The number of aromatic nitrogens is 3. The molecule has 1 amide bonds. The van der Waals surface area contributed by atoms with Crippen molar-refractivity contribution in [3.63, 3.8) is 0 Å². The molecular formula is C10H10N4O3S. The normalized spacial score (nSPS) is 10.3. The first-order valence-corrected chi connectivity index (χ1v) is 5.90. The van der Waals surface area contributed by atoms with E-state index in [1.54, 1.807) is 24.0 Å². The molecule has 0 aliphatic rings. The molecule has 0 saturated heterocycles. The lowest BCUT2D eigenvalue weighted by atomic mass is 10.4. The van der Waals surface area contributed by atoms with Crippen LogP contribution in [0, 0.1) is 0 Å². The molecule has 0 radical (unpaired) electrons. The summed E-state index contributed by atoms with van der Waals surface area (Å²) < 4.78 is 1.64. The Morgan fingerprint density at radius 1 is 1.56 bits per heavy atom. The average molecular weight is 266 g/mol. The maximum atomic E-state index is 11.7. The molecule has 2 heterocycles. The molecule has 0 bridgehead atoms. The lowest BCUT2D eigenvalue weighted by Crippen LogP contribution is -2.24. The first kappa shape index (κ1) is 12.2. The Balaban J connectivity index is 1.99. The fourth-order valence-corrected chi connectivity index (χ4v) is 2.00. The van der Waals surface area contributed by atoms with E-state index in [9.17, 15) is 9.59 Å². The summed E-state index contributed by atoms with van der Waals surface area (Å²) in [5.74, 6) is -1.54. The molecule has 8 heteroatoms. The Morgan fingerprint density at radius 3 is 2.89 bits per heavy atom. The van der Waals surface area contributed by atoms with Crippen LogP contribution < -0.4 is 5.32 Å². The van der Waals surface area contributed by atoms with E-state index in [4.69, 9.17) is 5.11 Å². The highest BCUT2D eigenvalue weighted by atomic mass is 32.1. The van der Waals surface area contributed by atoms with Crippen molar-refractivity contribution in [2.75, 3.05) is 0 Å². The van der Waals surface area contributed by atoms with Gasteiger partial charge in [-0.2, -0.15) is 5.10 Å². The fourth-order valence-electron chi connectivity index (χ4n) is 1.30. The maximum Gasteiger partial charge on any atom is 0.355 e. The molecule has 0 fully saturated rings. The van der Waals surface area contributed by atoms with Crippen molar-refractivity contribution >= 4 is 23.2 Å². The van der Waals surface area contributed by atoms with Crippen LogP contribution in [-0.2, 0) is 13.6 Å². The van der Waals surface area contributed by atoms with Gasteiger partial charge in [0, 0.05) is 18.6 Å². The third kappa shape index (κ3) is 2.54. The van der Waals surface area contributed by atoms with Gasteiger partial charge in [-0.15, -0.1) is 11.3 Å². The number of carboxylic acid groups (broad SMARTS) is 1. The van der Waals surface area contributed by atoms with E-state index >= 15 is 0 Å². The van der Waals surface area contributed by atoms with Crippen molar-refractivity contribution in [1.29, 1.82) is 0 Å². The zero-order valence-corrected chi connectivity index (χ0v) is 10.3. The molecule has 2 rings (SSSR count). The molecule has 0 atom stereocenters. The predicted octanol–water partition coefficient (Wildman–Crippen LogP) is 0.505. The number of amides is 1. The summed E-state index contributed by atoms with van der Waals surface area (Å²) in [5.41, 5.74) is 0.726. The summed E-state index contributed by atoms with van der Waals surface area (Å²) in [5, 5.41) is 16.8. The van der Waals surface area contributed by atoms with Crippen LogP contribution in [0.5, 0.6) is 0 Å². The van der Waals surface area contributed by atoms with Crippen molar-refractivity contribution in [3.8, 4) is 0 Å². The average Bonchev–Trinajstić information content (AvgIpc) is 2.94. The van der Waals surface area contributed by atoms with Crippen molar-refractivity contribution in [3.05, 3.63) is 34.0 Å². The number of carboxylic acids is 1. The van der Waals surface area contributed by atoms with E-state index in [1.807, 2.05) is 0 Å². The quantitative estimate of drug-likeness (QED) is 0.840. The number of aryl methyl sites for hydroxylation is 1. The van der Waals surface area contributed by atoms with Crippen LogP contribution in [0.15, 0.2) is 17.6 Å². The number of hydrogen-bond acceptors (Lipinski definition) is 5. The second-order valence-electron chi connectivity index (χ2n) is 3.47. The minimum absolute atomic E-state index is 0.120. The number of nitrogens with zero attached hydrogens (tertiary/aromatic N) is 3. The highest BCUT2D eigenvalue weighted by molar-refractivity contribution is 7.11. The van der Waals surface area contributed by atoms with E-state index < -0.39 is 11.9 Å². The number of hydrogen-bond donors (Lipinski definition) is 2. The SMILES string of the molecule is Cn1nccc1CNC(=O)c1nc(C(=O)O)cs1. The van der Waals surface area contributed by atoms with Crippen LogP contribution in [0.1, 0.15) is 26.0 Å². The second kappa shape index (κ2) is 4.96. The first-order chi connectivity index (χ1) is 8.58. The van der Waals surface area contributed by atoms with Gasteiger partial charge in [-0.05, 0) is 6.07 Å². The molecule has 0 unspecified atom stereocenters. The fraction of sp³-hybridized carbons (Fsp3) is 0.200. The predicted molar refractivity (Wildman–Crippen MR) is 63.5 cm³/mol. The monoisotopic (exact) mass is 266 g/mol. The van der Waals surface area contributed by atoms with Crippen LogP contribution in [0.2, 0.25) is 0 Å². The van der Waals surface area contributed by atoms with Crippen LogP contribution in [-0.4, -0.2) is 31.7 Å². The second-order valence-corrected chi connectivity index (χ2v) is 4.33. The highest BCUT2D eigenvalue weighted by Gasteiger charge is 2.14. The van der Waals surface area contributed by atoms with Crippen molar-refractivity contribution < 1.29 is 14.7 Å². The Bertz CT molecular complexity index is 589. The largest absolute Gasteiger partial charge is 0.476 e. The lowest BCUT2D eigenvalue weighted by molar-refractivity contribution is 0.0691. The topological polar surface area (TPSA) is 97.1 Å². The molecule has 2 aromatic heterocycles. The van der Waals surface area contributed by atoms with Gasteiger partial charge in [0.1, 0.15) is 0 Å². The Morgan fingerprint density at radius 2 is 2.33 bits per heavy atom. The number of thiazole rings is 1. The summed E-state index contributed by atoms with van der Waals surface area (Å²) in [6.07, 6.45) is 1.63. The van der Waals surface area contributed by atoms with Crippen molar-refractivity contribution in [2.45, 2.75) is 6.54 Å². The molecule has 2 N–H and O–H groups in total. The summed E-state index contributed by atoms with van der Waals surface area (Å²) in [6, 6.07) is 1.78. The van der Waals surface area contributed by atoms with Gasteiger partial charge in [0.25, 0.3) is 5.91 Å². The first-order valence-electron chi connectivity index (χ1n) is 5.02. The number of carbonyl (C=O) groups is 2. The number of carbonyl (C=O) groups excluding carboxylic acids is 1. The number of nitrogens with one attached hydrogen (secondary N) is 1. The van der Waals surface area contributed by atoms with Crippen LogP contribution in [0.3, 0.4) is 0 Å². The van der Waals surface area contributed by atoms with Crippen LogP contribution >= 0.6 is 11.3 Å². The van der Waals surface area contributed by atoms with Gasteiger partial charge in [-0.25, -0.2) is 9.78 Å². The molecule has 94 valence electrons. The third-order valence-corrected chi connectivity index (χ3v) is 3.11. The van der Waals surface area contributed by atoms with Gasteiger partial charge < -0.3 is 10.4 Å². The summed E-state index contributed by atoms with van der Waals surface area (Å²) in [4.78, 5) is 26.0. The molecule has 0 aliphatic heterocycles. The Hall–Kier alpha value is -2.22. The standard InChI is InChI=1S/C10H10N4O3S/c1-14-6(2-3-12-14)4-11-8(15)9-13-7(5-18-9)10(16)17/h2-3,5H,4H2,1H3,(H,11,15)(H,16,17). The number of rotatable bonds is 4. The number of aromatic carboxylic acids is 1. The Labute approximate surface area is 106 Å². The molecular weight excluding hydrogens is 256 g/mol. The van der Waals surface area contributed by atoms with Crippen molar-refractivity contribution in [2.24, 2.45) is 7.05 Å². The summed E-state index contributed by atoms with van der Waals surface area (Å²) in [6.45, 7) is 0.317. The van der Waals surface area contributed by atoms with Crippen LogP contribution in [0.4, 0.5) is 0 Å². The van der Waals surface area contributed by atoms with Gasteiger partial charge in [0.2, 0.25) is 0 Å². The third-order valence-electron chi connectivity index (χ3n) is 2.27. The summed E-state index contributed by atoms with van der Waals surface area (Å²) in [7, 11) is 1.77. The van der Waals surface area contributed by atoms with Gasteiger partial charge in [0.15, 0.2) is 10.7 Å². The van der Waals surface area contributed by atoms with Crippen molar-refractivity contribution in [1.82, 2.24) is 20.1 Å². The van der Waals surface area contributed by atoms with Gasteiger partial charge in [-0.1, -0.05) is 0 Å². The van der Waals surface area contributed by atoms with E-state index in [0.717, 1.165) is 17.0 Å². The molecule has 0 saturated carbocycles. The smallest absolute Gasteiger partial charge is 0.355 e. The molecule has 2 aromatic rings. The summed E-state index contributed by atoms with van der Waals surface area (Å²) >= 11 is 1.00. The Kier molecular flexibility index (Phi) is 3.38. The van der Waals surface area contributed by atoms with Crippen LogP contribution in [0.25, 0.3) is 0 Å². The van der Waals surface area contributed by atoms with Gasteiger partial charge >= 0.3 is 5.97 Å². The molecule has 0 aromatic carbocycles. The lowest BCUT2D eigenvalue weighted by Gasteiger charge is -2.03. The minimum Gasteiger partial charge on any atom is -0.476 e. The molecule has 0 spiro atoms. The van der Waals surface area contributed by atoms with E-state index in [-0.39, 0.29) is 10.7 Å². The molecule has 0 aliphatic carbocycles. The van der Waals surface area contributed by atoms with Gasteiger partial charge in [0.05, 0.1) is 12.2 Å². The highest BCUT2D eigenvalue weighted by Crippen LogP contribution is 2.09. The zero-order valence-electron chi connectivity index (χ0n) is 9.45. The van der Waals surface area contributed by atoms with E-state index in [0.29, 0.717) is 6.54 Å².